The number of nitrogens with zero attached hydrogens (tertiary/aromatic N) is 1. The van der Waals surface area contributed by atoms with Crippen LogP contribution in [0.1, 0.15) is 45.4 Å². The summed E-state index contributed by atoms with van der Waals surface area (Å²) in [5.41, 5.74) is -1.15. The molecule has 3 rings (SSSR count). The van der Waals surface area contributed by atoms with Gasteiger partial charge >= 0.3 is 0 Å². The summed E-state index contributed by atoms with van der Waals surface area (Å²) in [4.78, 5) is 26.9. The van der Waals surface area contributed by atoms with Crippen LogP contribution in [0.4, 0.5) is 0 Å². The molecule has 1 atom stereocenters. The Balaban J connectivity index is 1.71. The van der Waals surface area contributed by atoms with Gasteiger partial charge in [-0.05, 0) is 44.2 Å². The van der Waals surface area contributed by atoms with Crippen LogP contribution in [0.3, 0.4) is 0 Å². The van der Waals surface area contributed by atoms with Crippen molar-refractivity contribution in [3.8, 4) is 11.5 Å². The van der Waals surface area contributed by atoms with Crippen LogP contribution in [0.15, 0.2) is 23.1 Å². The predicted molar refractivity (Wildman–Crippen MR) is 106 cm³/mol. The standard InChI is InChI=1S/C20H28N2O6S/c1-20(10-11-22(20)18(23)12-14-6-4-5-7-14)19(24)21-29(25,26)15-8-9-16(27-2)17(13-15)28-3/h8-9,13-14H,4-7,10-12H2,1-3H3,(H,21,24). The molecule has 0 spiro atoms. The summed E-state index contributed by atoms with van der Waals surface area (Å²) in [5.74, 6) is 0.215. The number of carbonyl (C=O) groups is 2. The minimum atomic E-state index is -4.12. The first-order valence-corrected chi connectivity index (χ1v) is 11.3. The summed E-state index contributed by atoms with van der Waals surface area (Å²) in [6.45, 7) is 2.08. The van der Waals surface area contributed by atoms with Crippen LogP contribution < -0.4 is 14.2 Å². The van der Waals surface area contributed by atoms with Gasteiger partial charge < -0.3 is 14.4 Å². The van der Waals surface area contributed by atoms with Gasteiger partial charge in [0.2, 0.25) is 5.91 Å². The summed E-state index contributed by atoms with van der Waals surface area (Å²) >= 11 is 0. The van der Waals surface area contributed by atoms with Gasteiger partial charge in [0.25, 0.3) is 15.9 Å². The van der Waals surface area contributed by atoms with Crippen molar-refractivity contribution in [3.05, 3.63) is 18.2 Å². The second-order valence-electron chi connectivity index (χ2n) is 7.88. The van der Waals surface area contributed by atoms with Crippen LogP contribution in [-0.4, -0.2) is 51.4 Å². The molecule has 1 unspecified atom stereocenters. The van der Waals surface area contributed by atoms with E-state index in [1.165, 1.54) is 37.3 Å². The molecule has 2 fully saturated rings. The number of nitrogens with one attached hydrogen (secondary N) is 1. The molecule has 8 nitrogen and oxygen atoms in total. The number of likely N-dealkylation sites (tertiary alicyclic amines) is 1. The summed E-state index contributed by atoms with van der Waals surface area (Å²) in [5, 5.41) is 0. The fraction of sp³-hybridized carbons (Fsp3) is 0.600. The molecule has 1 heterocycles. The number of hydrogen-bond acceptors (Lipinski definition) is 6. The minimum absolute atomic E-state index is 0.0793. The molecular formula is C20H28N2O6S. The molecule has 1 aliphatic carbocycles. The van der Waals surface area contributed by atoms with Crippen molar-refractivity contribution in [2.24, 2.45) is 5.92 Å². The fourth-order valence-electron chi connectivity index (χ4n) is 4.04. The number of benzene rings is 1. The fourth-order valence-corrected chi connectivity index (χ4v) is 5.13. The first-order chi connectivity index (χ1) is 13.7. The van der Waals surface area contributed by atoms with E-state index in [1.54, 1.807) is 6.92 Å². The number of ether oxygens (including phenoxy) is 2. The molecule has 0 radical (unpaired) electrons. The van der Waals surface area contributed by atoms with Gasteiger partial charge in [0.15, 0.2) is 11.5 Å². The Morgan fingerprint density at radius 1 is 1.17 bits per heavy atom. The highest BCUT2D eigenvalue weighted by atomic mass is 32.2. The van der Waals surface area contributed by atoms with Crippen molar-refractivity contribution in [1.82, 2.24) is 9.62 Å². The van der Waals surface area contributed by atoms with Crippen molar-refractivity contribution in [3.63, 3.8) is 0 Å². The lowest BCUT2D eigenvalue weighted by atomic mass is 9.85. The Labute approximate surface area is 171 Å². The third-order valence-corrected chi connectivity index (χ3v) is 7.37. The molecule has 1 saturated carbocycles. The van der Waals surface area contributed by atoms with Gasteiger partial charge in [0.05, 0.1) is 19.1 Å². The lowest BCUT2D eigenvalue weighted by Gasteiger charge is -2.49. The second kappa shape index (κ2) is 8.22. The van der Waals surface area contributed by atoms with Crippen LogP contribution in [0.25, 0.3) is 0 Å². The minimum Gasteiger partial charge on any atom is -0.493 e. The molecule has 29 heavy (non-hydrogen) atoms. The molecular weight excluding hydrogens is 396 g/mol. The van der Waals surface area contributed by atoms with Crippen molar-refractivity contribution in [1.29, 1.82) is 0 Å². The van der Waals surface area contributed by atoms with E-state index in [1.807, 2.05) is 0 Å². The van der Waals surface area contributed by atoms with Gasteiger partial charge in [-0.3, -0.25) is 9.59 Å². The molecule has 2 aliphatic rings. The molecule has 1 saturated heterocycles. The molecule has 0 aromatic heterocycles. The summed E-state index contributed by atoms with van der Waals surface area (Å²) in [7, 11) is -1.28. The van der Waals surface area contributed by atoms with Gasteiger partial charge in [-0.25, -0.2) is 13.1 Å². The smallest absolute Gasteiger partial charge is 0.264 e. The van der Waals surface area contributed by atoms with Crippen molar-refractivity contribution in [2.45, 2.75) is 55.9 Å². The van der Waals surface area contributed by atoms with Gasteiger partial charge in [-0.2, -0.15) is 0 Å². The molecule has 160 valence electrons. The third kappa shape index (κ3) is 4.19. The first-order valence-electron chi connectivity index (χ1n) is 9.81. The Bertz CT molecular complexity index is 894. The number of sulfonamides is 1. The summed E-state index contributed by atoms with van der Waals surface area (Å²) < 4.78 is 37.8. The van der Waals surface area contributed by atoms with E-state index in [4.69, 9.17) is 9.47 Å². The largest absolute Gasteiger partial charge is 0.493 e. The van der Waals surface area contributed by atoms with E-state index >= 15 is 0 Å². The Kier molecular flexibility index (Phi) is 6.07. The Morgan fingerprint density at radius 2 is 1.83 bits per heavy atom. The predicted octanol–water partition coefficient (Wildman–Crippen LogP) is 2.08. The molecule has 2 amide bonds. The molecule has 1 aliphatic heterocycles. The SMILES string of the molecule is COc1ccc(S(=O)(=O)NC(=O)C2(C)CCN2C(=O)CC2CCCC2)cc1OC. The average Bonchev–Trinajstić information content (AvgIpc) is 3.18. The normalized spacial score (nSPS) is 22.1. The maximum Gasteiger partial charge on any atom is 0.264 e. The second-order valence-corrected chi connectivity index (χ2v) is 9.56. The molecule has 0 bridgehead atoms. The third-order valence-electron chi connectivity index (χ3n) is 6.04. The highest BCUT2D eigenvalue weighted by Crippen LogP contribution is 2.35. The Morgan fingerprint density at radius 3 is 2.38 bits per heavy atom. The van der Waals surface area contributed by atoms with Crippen molar-refractivity contribution in [2.75, 3.05) is 20.8 Å². The highest BCUT2D eigenvalue weighted by Gasteiger charge is 2.50. The van der Waals surface area contributed by atoms with Crippen LogP contribution in [0, 0.1) is 5.92 Å². The lowest BCUT2D eigenvalue weighted by Crippen LogP contribution is -2.67. The zero-order valence-electron chi connectivity index (χ0n) is 17.1. The maximum atomic E-state index is 12.8. The van der Waals surface area contributed by atoms with Gasteiger partial charge in [-0.1, -0.05) is 12.8 Å². The van der Waals surface area contributed by atoms with Crippen LogP contribution in [0.5, 0.6) is 11.5 Å². The average molecular weight is 425 g/mol. The summed E-state index contributed by atoms with van der Waals surface area (Å²) in [6.07, 6.45) is 5.20. The van der Waals surface area contributed by atoms with Crippen molar-refractivity contribution >= 4 is 21.8 Å². The number of carbonyl (C=O) groups excluding carboxylic acids is 2. The van der Waals surface area contributed by atoms with E-state index in [2.05, 4.69) is 4.72 Å². The van der Waals surface area contributed by atoms with Crippen LogP contribution in [-0.2, 0) is 19.6 Å². The molecule has 1 N–H and O–H groups in total. The topological polar surface area (TPSA) is 102 Å². The van der Waals surface area contributed by atoms with Gasteiger partial charge in [0.1, 0.15) is 5.54 Å². The lowest BCUT2D eigenvalue weighted by molar-refractivity contribution is -0.157. The maximum absolute atomic E-state index is 12.8. The van der Waals surface area contributed by atoms with Gasteiger partial charge in [-0.15, -0.1) is 0 Å². The quantitative estimate of drug-likeness (QED) is 0.719. The van der Waals surface area contributed by atoms with E-state index in [9.17, 15) is 18.0 Å². The van der Waals surface area contributed by atoms with Gasteiger partial charge in [0, 0.05) is 19.0 Å². The monoisotopic (exact) mass is 424 g/mol. The number of hydrogen-bond donors (Lipinski definition) is 1. The molecule has 9 heteroatoms. The summed E-state index contributed by atoms with van der Waals surface area (Å²) in [6, 6.07) is 4.09. The molecule has 1 aromatic carbocycles. The van der Waals surface area contributed by atoms with E-state index in [0.29, 0.717) is 31.1 Å². The first kappa shape index (κ1) is 21.4. The van der Waals surface area contributed by atoms with E-state index < -0.39 is 21.5 Å². The van der Waals surface area contributed by atoms with E-state index in [-0.39, 0.29) is 16.6 Å². The number of rotatable bonds is 7. The zero-order chi connectivity index (χ0) is 21.2. The van der Waals surface area contributed by atoms with E-state index in [0.717, 1.165) is 25.7 Å². The molecule has 1 aromatic rings. The van der Waals surface area contributed by atoms with Crippen LogP contribution in [0.2, 0.25) is 0 Å². The number of methoxy groups -OCH3 is 2. The highest BCUT2D eigenvalue weighted by molar-refractivity contribution is 7.90. The van der Waals surface area contributed by atoms with Crippen LogP contribution >= 0.6 is 0 Å². The number of amides is 2. The Hall–Kier alpha value is -2.29. The zero-order valence-corrected chi connectivity index (χ0v) is 17.9. The van der Waals surface area contributed by atoms with Crippen molar-refractivity contribution < 1.29 is 27.5 Å².